The van der Waals surface area contributed by atoms with Gasteiger partial charge in [-0.2, -0.15) is 0 Å². The van der Waals surface area contributed by atoms with E-state index in [1.165, 1.54) is 17.1 Å². The molecule has 0 aliphatic carbocycles. The third kappa shape index (κ3) is 4.99. The number of nitrogens with one attached hydrogen (secondary N) is 1. The fourth-order valence-corrected chi connectivity index (χ4v) is 3.44. The van der Waals surface area contributed by atoms with Gasteiger partial charge in [-0.25, -0.2) is 0 Å². The minimum absolute atomic E-state index is 0.0402. The van der Waals surface area contributed by atoms with Crippen LogP contribution in [0.1, 0.15) is 26.3 Å². The lowest BCUT2D eigenvalue weighted by atomic mass is 10.1. The predicted molar refractivity (Wildman–Crippen MR) is 106 cm³/mol. The number of aromatic nitrogens is 1. The van der Waals surface area contributed by atoms with Crippen molar-refractivity contribution < 1.29 is 9.47 Å². The first-order valence-corrected chi connectivity index (χ1v) is 9.52. The fraction of sp³-hybridized carbons (Fsp3) is 0.286. The van der Waals surface area contributed by atoms with Crippen molar-refractivity contribution in [3.05, 3.63) is 70.5 Å². The molecular formula is C21H23NO3S. The van der Waals surface area contributed by atoms with Gasteiger partial charge in [-0.1, -0.05) is 23.7 Å². The zero-order valence-electron chi connectivity index (χ0n) is 15.2. The van der Waals surface area contributed by atoms with Crippen molar-refractivity contribution >= 4 is 11.5 Å². The van der Waals surface area contributed by atoms with Crippen molar-refractivity contribution in [2.75, 3.05) is 0 Å². The monoisotopic (exact) mass is 369 g/mol. The molecule has 136 valence electrons. The van der Waals surface area contributed by atoms with Crippen molar-refractivity contribution in [2.24, 2.45) is 0 Å². The van der Waals surface area contributed by atoms with Gasteiger partial charge in [0.05, 0.1) is 17.1 Å². The van der Waals surface area contributed by atoms with E-state index in [0.29, 0.717) is 0 Å². The molecule has 0 aliphatic rings. The predicted octanol–water partition coefficient (Wildman–Crippen LogP) is 4.90. The van der Waals surface area contributed by atoms with Gasteiger partial charge in [-0.3, -0.25) is 9.17 Å². The number of hydrogen-bond acceptors (Lipinski definition) is 4. The Morgan fingerprint density at radius 3 is 2.38 bits per heavy atom. The number of ether oxygens (including phenoxy) is 2. The van der Waals surface area contributed by atoms with E-state index in [2.05, 4.69) is 23.4 Å². The molecule has 1 heterocycles. The molecule has 0 bridgehead atoms. The van der Waals surface area contributed by atoms with E-state index in [1.807, 2.05) is 50.2 Å². The molecule has 0 saturated heterocycles. The van der Waals surface area contributed by atoms with Gasteiger partial charge in [0.15, 0.2) is 0 Å². The van der Waals surface area contributed by atoms with Crippen LogP contribution in [0.5, 0.6) is 11.5 Å². The maximum atomic E-state index is 11.3. The summed E-state index contributed by atoms with van der Waals surface area (Å²) < 4.78 is 14.5. The van der Waals surface area contributed by atoms with Crippen LogP contribution in [-0.4, -0.2) is 16.6 Å². The average Bonchev–Trinajstić information content (AvgIpc) is 3.01. The van der Waals surface area contributed by atoms with Gasteiger partial charge in [-0.05, 0) is 68.3 Å². The Hall–Kier alpha value is -2.53. The number of hydrogen-bond donors (Lipinski definition) is 1. The summed E-state index contributed by atoms with van der Waals surface area (Å²) in [5.41, 5.74) is 2.12. The first-order chi connectivity index (χ1) is 12.5. The summed E-state index contributed by atoms with van der Waals surface area (Å²) in [6.07, 6.45) is 1.01. The molecule has 1 atom stereocenters. The van der Waals surface area contributed by atoms with E-state index in [4.69, 9.17) is 9.47 Å². The summed E-state index contributed by atoms with van der Waals surface area (Å²) in [6, 6.07) is 17.6. The summed E-state index contributed by atoms with van der Waals surface area (Å²) in [6.45, 7) is 6.10. The van der Waals surface area contributed by atoms with E-state index < -0.39 is 0 Å². The van der Waals surface area contributed by atoms with E-state index in [1.54, 1.807) is 6.07 Å². The van der Waals surface area contributed by atoms with E-state index in [9.17, 15) is 4.79 Å². The molecule has 4 nitrogen and oxygen atoms in total. The van der Waals surface area contributed by atoms with Crippen LogP contribution in [0.2, 0.25) is 0 Å². The number of rotatable bonds is 7. The van der Waals surface area contributed by atoms with Gasteiger partial charge in [0, 0.05) is 12.5 Å². The smallest absolute Gasteiger partial charge is 0.258 e. The highest BCUT2D eigenvalue weighted by molar-refractivity contribution is 7.09. The normalized spacial score (nSPS) is 12.2. The molecule has 1 N–H and O–H groups in total. The second-order valence-electron chi connectivity index (χ2n) is 6.55. The molecule has 3 rings (SSSR count). The molecule has 0 aliphatic heterocycles. The second kappa shape index (κ2) is 8.23. The largest absolute Gasteiger partial charge is 0.491 e. The standard InChI is InChI=1S/C21H23NO3S/c1-14(2)24-19-6-4-5-16(12-19)11-15(3)25-18-9-7-17(8-10-18)20-13-21(23)22-26-20/h4-10,12-15H,11H2,1-3H3,(H,22,23)/t15-/m1/s1. The quantitative estimate of drug-likeness (QED) is 0.644. The fourth-order valence-electron chi connectivity index (χ4n) is 2.75. The average molecular weight is 369 g/mol. The molecule has 0 fully saturated rings. The molecular weight excluding hydrogens is 346 g/mol. The van der Waals surface area contributed by atoms with Gasteiger partial charge < -0.3 is 9.47 Å². The van der Waals surface area contributed by atoms with Gasteiger partial charge >= 0.3 is 0 Å². The highest BCUT2D eigenvalue weighted by atomic mass is 32.1. The van der Waals surface area contributed by atoms with Crippen LogP contribution in [0.25, 0.3) is 10.4 Å². The second-order valence-corrected chi connectivity index (χ2v) is 7.40. The molecule has 5 heteroatoms. The summed E-state index contributed by atoms with van der Waals surface area (Å²) in [4.78, 5) is 12.2. The Morgan fingerprint density at radius 1 is 0.962 bits per heavy atom. The number of benzene rings is 2. The van der Waals surface area contributed by atoms with Gasteiger partial charge in [0.1, 0.15) is 11.5 Å². The summed E-state index contributed by atoms with van der Waals surface area (Å²) >= 11 is 1.34. The Balaban J connectivity index is 1.61. The lowest BCUT2D eigenvalue weighted by Gasteiger charge is -2.16. The summed E-state index contributed by atoms with van der Waals surface area (Å²) in [5, 5.41) is 0. The lowest BCUT2D eigenvalue weighted by Crippen LogP contribution is -2.15. The Kier molecular flexibility index (Phi) is 5.78. The maximum absolute atomic E-state index is 11.3. The van der Waals surface area contributed by atoms with Crippen molar-refractivity contribution in [1.29, 1.82) is 0 Å². The van der Waals surface area contributed by atoms with Crippen molar-refractivity contribution in [3.8, 4) is 21.9 Å². The van der Waals surface area contributed by atoms with Crippen LogP contribution in [-0.2, 0) is 6.42 Å². The van der Waals surface area contributed by atoms with E-state index in [0.717, 1.165) is 28.4 Å². The van der Waals surface area contributed by atoms with Crippen molar-refractivity contribution in [2.45, 2.75) is 39.4 Å². The van der Waals surface area contributed by atoms with Crippen molar-refractivity contribution in [3.63, 3.8) is 0 Å². The SMILES string of the molecule is CC(C)Oc1cccc(C[C@@H](C)Oc2ccc(-c3cc(=O)[nH]s3)cc2)c1. The van der Waals surface area contributed by atoms with E-state index in [-0.39, 0.29) is 17.8 Å². The van der Waals surface area contributed by atoms with Crippen LogP contribution in [0.15, 0.2) is 59.4 Å². The molecule has 1 aromatic heterocycles. The van der Waals surface area contributed by atoms with Gasteiger partial charge in [-0.15, -0.1) is 0 Å². The number of H-pyrrole nitrogens is 1. The van der Waals surface area contributed by atoms with Gasteiger partial charge in [0.2, 0.25) is 0 Å². The van der Waals surface area contributed by atoms with Gasteiger partial charge in [0.25, 0.3) is 5.56 Å². The highest BCUT2D eigenvalue weighted by Gasteiger charge is 2.08. The maximum Gasteiger partial charge on any atom is 0.258 e. The molecule has 0 saturated carbocycles. The first kappa shape index (κ1) is 18.3. The Bertz CT molecular complexity index is 896. The lowest BCUT2D eigenvalue weighted by molar-refractivity contribution is 0.221. The third-order valence-corrected chi connectivity index (χ3v) is 4.67. The first-order valence-electron chi connectivity index (χ1n) is 8.71. The van der Waals surface area contributed by atoms with E-state index >= 15 is 0 Å². The van der Waals surface area contributed by atoms with Crippen LogP contribution < -0.4 is 15.0 Å². The number of aromatic amines is 1. The molecule has 0 radical (unpaired) electrons. The van der Waals surface area contributed by atoms with Crippen LogP contribution in [0.4, 0.5) is 0 Å². The van der Waals surface area contributed by atoms with Crippen LogP contribution in [0, 0.1) is 0 Å². The Labute approximate surface area is 157 Å². The van der Waals surface area contributed by atoms with Crippen LogP contribution in [0.3, 0.4) is 0 Å². The minimum atomic E-state index is -0.0670. The van der Waals surface area contributed by atoms with Crippen LogP contribution >= 0.6 is 11.5 Å². The summed E-state index contributed by atoms with van der Waals surface area (Å²) in [5.74, 6) is 1.71. The highest BCUT2D eigenvalue weighted by Crippen LogP contribution is 2.25. The zero-order valence-corrected chi connectivity index (χ0v) is 16.0. The summed E-state index contributed by atoms with van der Waals surface area (Å²) in [7, 11) is 0. The Morgan fingerprint density at radius 2 is 1.73 bits per heavy atom. The molecule has 26 heavy (non-hydrogen) atoms. The molecule has 3 aromatic rings. The third-order valence-electron chi connectivity index (χ3n) is 3.79. The topological polar surface area (TPSA) is 51.3 Å². The minimum Gasteiger partial charge on any atom is -0.491 e. The molecule has 0 amide bonds. The molecule has 0 spiro atoms. The molecule has 2 aromatic carbocycles. The zero-order chi connectivity index (χ0) is 18.5. The van der Waals surface area contributed by atoms with Crippen molar-refractivity contribution in [1.82, 2.24) is 4.37 Å². The molecule has 0 unspecified atom stereocenters.